The molecule has 1 aliphatic heterocycles. The molecular formula is C87H125N21O23S2. The van der Waals surface area contributed by atoms with E-state index >= 15 is 0 Å². The van der Waals surface area contributed by atoms with Gasteiger partial charge in [-0.1, -0.05) is 90.1 Å². The fourth-order valence-electron chi connectivity index (χ4n) is 14.3. The van der Waals surface area contributed by atoms with Crippen LogP contribution in [-0.4, -0.2) is 289 Å². The van der Waals surface area contributed by atoms with Crippen molar-refractivity contribution in [3.8, 4) is 5.75 Å². The molecule has 728 valence electrons. The van der Waals surface area contributed by atoms with Crippen LogP contribution in [0, 0.1) is 17.8 Å². The molecule has 1 fully saturated rings. The van der Waals surface area contributed by atoms with Crippen molar-refractivity contribution in [1.82, 2.24) is 99.9 Å². The molecule has 16 atom stereocenters. The van der Waals surface area contributed by atoms with Gasteiger partial charge in [0.1, 0.15) is 90.3 Å². The lowest BCUT2D eigenvalue weighted by Gasteiger charge is -2.30. The van der Waals surface area contributed by atoms with Gasteiger partial charge in [0.15, 0.2) is 0 Å². The molecule has 0 bridgehead atoms. The van der Waals surface area contributed by atoms with E-state index in [1.807, 2.05) is 13.8 Å². The van der Waals surface area contributed by atoms with Gasteiger partial charge in [-0.25, -0.2) is 0 Å². The fraction of sp³-hybridized carbons (Fsp3) is 0.529. The Labute approximate surface area is 778 Å². The van der Waals surface area contributed by atoms with E-state index in [1.165, 1.54) is 45.0 Å². The molecule has 3 aromatic carbocycles. The summed E-state index contributed by atoms with van der Waals surface area (Å²) in [4.78, 5) is 266. The number of nitrogens with zero attached hydrogens (tertiary/aromatic N) is 1. The van der Waals surface area contributed by atoms with Crippen LogP contribution in [0.1, 0.15) is 131 Å². The van der Waals surface area contributed by atoms with Gasteiger partial charge in [-0.15, -0.1) is 0 Å². The maximum absolute atomic E-state index is 14.9. The normalized spacial score (nSPS) is 15.8. The van der Waals surface area contributed by atoms with E-state index < -0.39 is 248 Å². The van der Waals surface area contributed by atoms with Crippen molar-refractivity contribution < 1.29 is 112 Å². The van der Waals surface area contributed by atoms with Gasteiger partial charge in [0.25, 0.3) is 0 Å². The number of carboxylic acids is 1. The highest BCUT2D eigenvalue weighted by Crippen LogP contribution is 2.24. The largest absolute Gasteiger partial charge is 0.508 e. The number of amides is 18. The lowest BCUT2D eigenvalue weighted by molar-refractivity contribution is -0.142. The molecule has 46 heteroatoms. The van der Waals surface area contributed by atoms with E-state index in [4.69, 9.17) is 11.5 Å². The number of aliphatic hydroxyl groups is 2. The smallest absolute Gasteiger partial charge is 0.325 e. The number of nitrogens with two attached hydrogens (primary N) is 2. The Morgan fingerprint density at radius 1 is 0.444 bits per heavy atom. The number of aliphatic carboxylic acids is 1. The van der Waals surface area contributed by atoms with Gasteiger partial charge >= 0.3 is 5.97 Å². The third-order valence-corrected chi connectivity index (χ3v) is 22.1. The van der Waals surface area contributed by atoms with Crippen LogP contribution in [0.2, 0.25) is 0 Å². The number of benzene rings is 3. The summed E-state index contributed by atoms with van der Waals surface area (Å²) < 4.78 is 0. The summed E-state index contributed by atoms with van der Waals surface area (Å²) in [7, 11) is 0. The lowest BCUT2D eigenvalue weighted by atomic mass is 10.0. The molecule has 0 radical (unpaired) electrons. The second-order valence-electron chi connectivity index (χ2n) is 33.9. The first-order chi connectivity index (χ1) is 62.8. The summed E-state index contributed by atoms with van der Waals surface area (Å²) in [6.07, 6.45) is 0.598. The van der Waals surface area contributed by atoms with E-state index in [1.54, 1.807) is 88.6 Å². The highest BCUT2D eigenvalue weighted by atomic mass is 32.1. The fourth-order valence-corrected chi connectivity index (χ4v) is 14.8. The number of carbonyl (C=O) groups excluding carboxylic acids is 18. The summed E-state index contributed by atoms with van der Waals surface area (Å²) in [6, 6.07) is -1.77. The average molecular weight is 1900 g/mol. The standard InChI is InChI=1S/C87H125N21O23S2/c1-42(2)28-55(88)75(118)105-66(41-133)83(126)100-58(25-26-68(89)112)77(120)104-64(39-109)81(124)101-59(29-43(3)4)76(119)93-36-69(113)95-46(8)74(117)107-72(48(10)110)85(128)103-63(31-49-21-23-52(111)24-22-49)86(129)108-27-15-20-67(108)84(127)94-38-71(115)98-61(32-50-34-90-56-18-13-11-16-53(50)56)79(122)102-60(30-44(5)6)78(121)96-45(7)73(116)92-37-70(114)99-62(33-51-35-91-57-19-14-12-17-54(51)57)80(123)106-65(40-132)82(125)97-47(9)87(130)131/h11-14,16-19,21-24,34-35,42-48,55,58-67,72,90-91,109-111,132-133H,15,20,25-33,36-41,88H2,1-10H3,(H2,89,112)(H,92,116)(H,93,119)(H,94,127)(H,95,113)(H,96,121)(H,97,125)(H,98,115)(H,99,114)(H,100,126)(H,101,124)(H,102,122)(H,103,128)(H,104,120)(H,105,118)(H,106,123)(H,107,117)(H,130,131)/t45-,46-,47-,48+,55-,58-,59-,60-,61-,62-,63-,64-,65-,66-,67-,72-/m0/s1. The number of phenols is 1. The molecular weight excluding hydrogens is 1770 g/mol. The molecule has 1 aliphatic rings. The number of aromatic hydroxyl groups is 1. The van der Waals surface area contributed by atoms with Gasteiger partial charge in [-0.3, -0.25) is 91.1 Å². The minimum atomic E-state index is -1.84. The molecule has 44 nitrogen and oxygen atoms in total. The number of rotatable bonds is 53. The van der Waals surface area contributed by atoms with Crippen molar-refractivity contribution >= 4 is 159 Å². The summed E-state index contributed by atoms with van der Waals surface area (Å²) in [5.41, 5.74) is 14.2. The molecule has 133 heavy (non-hydrogen) atoms. The molecule has 26 N–H and O–H groups in total. The van der Waals surface area contributed by atoms with Crippen LogP contribution in [0.25, 0.3) is 21.8 Å². The Morgan fingerprint density at radius 2 is 0.865 bits per heavy atom. The minimum absolute atomic E-state index is 0.00773. The molecule has 0 unspecified atom stereocenters. The van der Waals surface area contributed by atoms with Gasteiger partial charge in [0.05, 0.1) is 38.4 Å². The Kier molecular flexibility index (Phi) is 43.3. The number of phenolic OH excluding ortho intramolecular Hbond substituents is 1. The van der Waals surface area contributed by atoms with Crippen molar-refractivity contribution in [2.24, 2.45) is 29.2 Å². The van der Waals surface area contributed by atoms with Crippen LogP contribution < -0.4 is 96.5 Å². The highest BCUT2D eigenvalue weighted by molar-refractivity contribution is 7.80. The number of para-hydroxylation sites is 2. The first-order valence-electron chi connectivity index (χ1n) is 43.5. The molecule has 1 saturated heterocycles. The van der Waals surface area contributed by atoms with Crippen LogP contribution in [0.15, 0.2) is 85.2 Å². The molecule has 18 amide bonds. The molecule has 0 aliphatic carbocycles. The maximum atomic E-state index is 14.9. The van der Waals surface area contributed by atoms with E-state index in [0.717, 1.165) is 11.8 Å². The topological polar surface area (TPSA) is 685 Å². The van der Waals surface area contributed by atoms with Gasteiger partial charge in [0, 0.05) is 77.9 Å². The number of nitrogens with one attached hydrogen (secondary N) is 18. The van der Waals surface area contributed by atoms with Gasteiger partial charge in [-0.05, 0) is 125 Å². The third-order valence-electron chi connectivity index (χ3n) is 21.4. The van der Waals surface area contributed by atoms with Crippen LogP contribution in [0.5, 0.6) is 5.75 Å². The van der Waals surface area contributed by atoms with E-state index in [9.17, 15) is 112 Å². The SMILES string of the molecule is CC(C)C[C@H](NC(=O)[C@H](CO)NC(=O)[C@H](CCC(N)=O)NC(=O)[C@H](CS)NC(=O)[C@@H](N)CC(C)C)C(=O)NCC(=O)N[C@@H](C)C(=O)N[C@H](C(=O)N[C@@H](Cc1ccc(O)cc1)C(=O)N1CCC[C@H]1C(=O)NCC(=O)N[C@@H](Cc1c[nH]c2ccccc12)C(=O)N[C@@H](CC(C)C)C(=O)N[C@@H](C)C(=O)NCC(=O)N[C@@H](Cc1c[nH]c2ccccc12)C(=O)N[C@@H](CS)C(=O)N[C@@H](C)C(=O)O)[C@@H](C)O. The van der Waals surface area contributed by atoms with Crippen LogP contribution in [0.4, 0.5) is 0 Å². The van der Waals surface area contributed by atoms with Crippen molar-refractivity contribution in [2.45, 2.75) is 230 Å². The van der Waals surface area contributed by atoms with Crippen LogP contribution >= 0.6 is 25.3 Å². The third kappa shape index (κ3) is 34.6. The molecule has 0 spiro atoms. The Bertz CT molecular complexity index is 4950. The summed E-state index contributed by atoms with van der Waals surface area (Å²) >= 11 is 8.32. The predicted octanol–water partition coefficient (Wildman–Crippen LogP) is -4.87. The number of hydrogen-bond acceptors (Lipinski definition) is 25. The minimum Gasteiger partial charge on any atom is -0.508 e. The number of carboxylic acid groups (broad SMARTS) is 1. The van der Waals surface area contributed by atoms with E-state index in [-0.39, 0.29) is 92.9 Å². The summed E-state index contributed by atoms with van der Waals surface area (Å²) in [5, 5.41) is 81.7. The second kappa shape index (κ2) is 52.9. The first kappa shape index (κ1) is 109. The van der Waals surface area contributed by atoms with Gasteiger partial charge < -0.3 is 132 Å². The number of primary amides is 1. The number of H-pyrrole nitrogens is 2. The molecule has 2 aromatic heterocycles. The van der Waals surface area contributed by atoms with Crippen molar-refractivity contribution in [3.63, 3.8) is 0 Å². The van der Waals surface area contributed by atoms with Crippen LogP contribution in [-0.2, 0) is 110 Å². The number of carbonyl (C=O) groups is 19. The quantitative estimate of drug-likeness (QED) is 0.0162. The monoisotopic (exact) mass is 1900 g/mol. The Balaban J connectivity index is 1.08. The number of aromatic amines is 2. The molecule has 5 aromatic rings. The first-order valence-corrected chi connectivity index (χ1v) is 44.8. The zero-order valence-corrected chi connectivity index (χ0v) is 77.4. The van der Waals surface area contributed by atoms with Crippen LogP contribution in [0.3, 0.4) is 0 Å². The number of aromatic nitrogens is 2. The van der Waals surface area contributed by atoms with Gasteiger partial charge in [-0.2, -0.15) is 25.3 Å². The second-order valence-corrected chi connectivity index (χ2v) is 34.6. The van der Waals surface area contributed by atoms with Gasteiger partial charge in [0.2, 0.25) is 106 Å². The Hall–Kier alpha value is -13.0. The zero-order chi connectivity index (χ0) is 98.8. The average Bonchev–Trinajstić information content (AvgIpc) is 1.70. The molecule has 0 saturated carbocycles. The predicted molar refractivity (Wildman–Crippen MR) is 491 cm³/mol. The summed E-state index contributed by atoms with van der Waals surface area (Å²) in [6.45, 7) is 12.0. The zero-order valence-electron chi connectivity index (χ0n) is 75.6. The number of fused-ring (bicyclic) bond motifs is 2. The number of thiol groups is 2. The number of hydrogen-bond donors (Lipinski definition) is 26. The highest BCUT2D eigenvalue weighted by Gasteiger charge is 2.42. The lowest BCUT2D eigenvalue weighted by Crippen LogP contribution is -2.61. The number of likely N-dealkylation sites (tertiary alicyclic amines) is 1. The number of aliphatic hydroxyl groups excluding tert-OH is 2. The van der Waals surface area contributed by atoms with Crippen molar-refractivity contribution in [1.29, 1.82) is 0 Å². The Morgan fingerprint density at radius 3 is 1.37 bits per heavy atom. The van der Waals surface area contributed by atoms with Crippen molar-refractivity contribution in [3.05, 3.63) is 102 Å². The maximum Gasteiger partial charge on any atom is 0.325 e. The van der Waals surface area contributed by atoms with Crippen molar-refractivity contribution in [2.75, 3.05) is 44.3 Å². The molecule has 3 heterocycles. The van der Waals surface area contributed by atoms with E-state index in [2.05, 4.69) is 120 Å². The van der Waals surface area contributed by atoms with E-state index in [0.29, 0.717) is 38.5 Å². The molecule has 6 rings (SSSR count). The summed E-state index contributed by atoms with van der Waals surface area (Å²) in [5.74, 6) is -19.0.